The van der Waals surface area contributed by atoms with Gasteiger partial charge in [0.2, 0.25) is 0 Å². The minimum atomic E-state index is -3.20. The highest BCUT2D eigenvalue weighted by Crippen LogP contribution is 2.30. The van der Waals surface area contributed by atoms with Gasteiger partial charge < -0.3 is 5.11 Å². The highest BCUT2D eigenvalue weighted by molar-refractivity contribution is 7.94. The summed E-state index contributed by atoms with van der Waals surface area (Å²) in [6.07, 6.45) is 0.994. The Bertz CT molecular complexity index is 1170. The molecule has 0 aliphatic carbocycles. The minimum absolute atomic E-state index is 0.0548. The van der Waals surface area contributed by atoms with Gasteiger partial charge in [-0.15, -0.1) is 11.3 Å². The second kappa shape index (κ2) is 7.95. The molecule has 0 radical (unpaired) electrons. The molecule has 3 rings (SSSR count). The zero-order valence-electron chi connectivity index (χ0n) is 14.9. The van der Waals surface area contributed by atoms with Crippen LogP contribution in [0.3, 0.4) is 0 Å². The average molecular weight is 398 g/mol. The van der Waals surface area contributed by atoms with Gasteiger partial charge in [-0.25, -0.2) is 13.4 Å². The van der Waals surface area contributed by atoms with Gasteiger partial charge in [-0.2, -0.15) is 0 Å². The van der Waals surface area contributed by atoms with E-state index in [1.54, 1.807) is 6.07 Å². The van der Waals surface area contributed by atoms with Gasteiger partial charge in [-0.1, -0.05) is 42.7 Å². The number of benzene rings is 2. The van der Waals surface area contributed by atoms with Crippen LogP contribution in [-0.2, 0) is 22.7 Å². The Hall–Kier alpha value is -2.62. The molecule has 0 fully saturated rings. The van der Waals surface area contributed by atoms with Crippen molar-refractivity contribution < 1.29 is 13.5 Å². The number of thiazole rings is 1. The highest BCUT2D eigenvalue weighted by atomic mass is 32.2. The first kappa shape index (κ1) is 19.2. The third-order valence-electron chi connectivity index (χ3n) is 4.03. The van der Waals surface area contributed by atoms with E-state index in [1.165, 1.54) is 11.3 Å². The fourth-order valence-electron chi connectivity index (χ4n) is 2.68. The molecule has 0 spiro atoms. The Morgan fingerprint density at radius 3 is 2.81 bits per heavy atom. The van der Waals surface area contributed by atoms with Crippen LogP contribution in [0.1, 0.15) is 21.7 Å². The Morgan fingerprint density at radius 2 is 2.04 bits per heavy atom. The molecule has 0 atom stereocenters. The molecule has 0 saturated carbocycles. The molecule has 1 aromatic heterocycles. The lowest BCUT2D eigenvalue weighted by atomic mass is 10.1. The monoisotopic (exact) mass is 397 g/mol. The summed E-state index contributed by atoms with van der Waals surface area (Å²) >= 11 is 1.53. The van der Waals surface area contributed by atoms with Gasteiger partial charge in [0.05, 0.1) is 15.5 Å². The van der Waals surface area contributed by atoms with Crippen LogP contribution < -0.4 is 0 Å². The summed E-state index contributed by atoms with van der Waals surface area (Å²) < 4.78 is 24.0. The van der Waals surface area contributed by atoms with E-state index in [-0.39, 0.29) is 11.5 Å². The van der Waals surface area contributed by atoms with E-state index in [1.807, 2.05) is 37.3 Å². The van der Waals surface area contributed by atoms with Crippen LogP contribution in [0.25, 0.3) is 10.2 Å². The SMILES string of the molecule is C=CS(=O)(=O)CCc1cccc(CC#Cc2cc(O)c3nc(C)sc3c2)c1. The van der Waals surface area contributed by atoms with E-state index >= 15 is 0 Å². The molecule has 6 heteroatoms. The molecule has 4 nitrogen and oxygen atoms in total. The number of aryl methyl sites for hydroxylation is 2. The third kappa shape index (κ3) is 4.97. The van der Waals surface area contributed by atoms with Gasteiger partial charge in [0.1, 0.15) is 11.3 Å². The molecule has 27 heavy (non-hydrogen) atoms. The van der Waals surface area contributed by atoms with Crippen LogP contribution in [0.4, 0.5) is 0 Å². The summed E-state index contributed by atoms with van der Waals surface area (Å²) in [4.78, 5) is 4.30. The van der Waals surface area contributed by atoms with Gasteiger partial charge in [-0.05, 0) is 36.6 Å². The zero-order chi connectivity index (χ0) is 19.4. The maximum absolute atomic E-state index is 11.5. The van der Waals surface area contributed by atoms with E-state index in [9.17, 15) is 13.5 Å². The predicted octanol–water partition coefficient (Wildman–Crippen LogP) is 4.01. The van der Waals surface area contributed by atoms with Crippen LogP contribution in [0, 0.1) is 18.8 Å². The lowest BCUT2D eigenvalue weighted by molar-refractivity contribution is 0.480. The summed E-state index contributed by atoms with van der Waals surface area (Å²) in [5.41, 5.74) is 3.34. The normalized spacial score (nSPS) is 11.1. The maximum Gasteiger partial charge on any atom is 0.171 e. The number of rotatable bonds is 5. The van der Waals surface area contributed by atoms with Crippen molar-refractivity contribution in [2.75, 3.05) is 5.75 Å². The van der Waals surface area contributed by atoms with Crippen molar-refractivity contribution in [1.82, 2.24) is 4.98 Å². The van der Waals surface area contributed by atoms with Crippen molar-refractivity contribution in [2.45, 2.75) is 19.8 Å². The average Bonchev–Trinajstić information content (AvgIpc) is 3.01. The summed E-state index contributed by atoms with van der Waals surface area (Å²) in [6, 6.07) is 11.3. The first-order chi connectivity index (χ1) is 12.9. The highest BCUT2D eigenvalue weighted by Gasteiger charge is 2.07. The summed E-state index contributed by atoms with van der Waals surface area (Å²) in [7, 11) is -3.20. The number of aromatic nitrogens is 1. The molecule has 0 unspecified atom stereocenters. The van der Waals surface area contributed by atoms with Gasteiger partial charge >= 0.3 is 0 Å². The van der Waals surface area contributed by atoms with E-state index in [0.29, 0.717) is 18.4 Å². The van der Waals surface area contributed by atoms with Crippen molar-refractivity contribution in [3.05, 3.63) is 70.1 Å². The standard InChI is InChI=1S/C21H19NO3S2/c1-3-27(24,25)11-10-17-8-4-6-16(12-17)7-5-9-18-13-19(23)21-20(14-18)26-15(2)22-21/h3-4,6,8,12-14,23H,1,7,10-11H2,2H3. The fourth-order valence-corrected chi connectivity index (χ4v) is 4.26. The van der Waals surface area contributed by atoms with Crippen LogP contribution in [0.5, 0.6) is 5.75 Å². The quantitative estimate of drug-likeness (QED) is 0.661. The largest absolute Gasteiger partial charge is 0.506 e. The Balaban J connectivity index is 1.72. The molecule has 2 aromatic carbocycles. The number of hydrogen-bond acceptors (Lipinski definition) is 5. The molecule has 0 aliphatic rings. The summed E-state index contributed by atoms with van der Waals surface area (Å²) in [6.45, 7) is 5.24. The molecule has 0 saturated heterocycles. The van der Waals surface area contributed by atoms with Crippen molar-refractivity contribution in [2.24, 2.45) is 0 Å². The molecular weight excluding hydrogens is 378 g/mol. The summed E-state index contributed by atoms with van der Waals surface area (Å²) in [5, 5.41) is 12.0. The molecule has 1 heterocycles. The van der Waals surface area contributed by atoms with Crippen LogP contribution in [0.2, 0.25) is 0 Å². The molecular formula is C21H19NO3S2. The number of aromatic hydroxyl groups is 1. The lowest BCUT2D eigenvalue weighted by Crippen LogP contribution is -2.04. The predicted molar refractivity (Wildman–Crippen MR) is 111 cm³/mol. The first-order valence-electron chi connectivity index (χ1n) is 8.38. The molecule has 0 amide bonds. The Morgan fingerprint density at radius 1 is 1.26 bits per heavy atom. The van der Waals surface area contributed by atoms with Gasteiger partial charge in [0.15, 0.2) is 9.84 Å². The number of nitrogens with zero attached hydrogens (tertiary/aromatic N) is 1. The molecule has 138 valence electrons. The van der Waals surface area contributed by atoms with Crippen LogP contribution in [-0.4, -0.2) is 24.3 Å². The Kier molecular flexibility index (Phi) is 5.64. The molecule has 0 bridgehead atoms. The number of phenolic OH excluding ortho intramolecular Hbond substituents is 1. The number of phenols is 1. The van der Waals surface area contributed by atoms with Crippen molar-refractivity contribution in [1.29, 1.82) is 0 Å². The van der Waals surface area contributed by atoms with Crippen molar-refractivity contribution in [3.8, 4) is 17.6 Å². The smallest absolute Gasteiger partial charge is 0.171 e. The van der Waals surface area contributed by atoms with Gasteiger partial charge in [-0.3, -0.25) is 0 Å². The van der Waals surface area contributed by atoms with Gasteiger partial charge in [0, 0.05) is 17.4 Å². The minimum Gasteiger partial charge on any atom is -0.506 e. The molecule has 3 aromatic rings. The maximum atomic E-state index is 11.5. The topological polar surface area (TPSA) is 67.3 Å². The van der Waals surface area contributed by atoms with Gasteiger partial charge in [0.25, 0.3) is 0 Å². The van der Waals surface area contributed by atoms with Crippen molar-refractivity contribution in [3.63, 3.8) is 0 Å². The first-order valence-corrected chi connectivity index (χ1v) is 10.9. The summed E-state index contributed by atoms with van der Waals surface area (Å²) in [5.74, 6) is 6.40. The van der Waals surface area contributed by atoms with E-state index in [2.05, 4.69) is 23.4 Å². The second-order valence-corrected chi connectivity index (χ2v) is 9.46. The third-order valence-corrected chi connectivity index (χ3v) is 6.23. The van der Waals surface area contributed by atoms with E-state index in [4.69, 9.17) is 0 Å². The molecule has 1 N–H and O–H groups in total. The van der Waals surface area contributed by atoms with Crippen LogP contribution in [0.15, 0.2) is 48.4 Å². The number of sulfone groups is 1. The lowest BCUT2D eigenvalue weighted by Gasteiger charge is -2.03. The molecule has 0 aliphatic heterocycles. The fraction of sp³-hybridized carbons (Fsp3) is 0.190. The zero-order valence-corrected chi connectivity index (χ0v) is 16.5. The van der Waals surface area contributed by atoms with Crippen molar-refractivity contribution >= 4 is 31.4 Å². The van der Waals surface area contributed by atoms with Crippen LogP contribution >= 0.6 is 11.3 Å². The van der Waals surface area contributed by atoms with E-state index in [0.717, 1.165) is 31.8 Å². The second-order valence-electron chi connectivity index (χ2n) is 6.16. The number of hydrogen-bond donors (Lipinski definition) is 1. The Labute approximate surface area is 163 Å². The van der Waals surface area contributed by atoms with E-state index < -0.39 is 9.84 Å². The number of fused-ring (bicyclic) bond motifs is 1.